The quantitative estimate of drug-likeness (QED) is 0.821. The topological polar surface area (TPSA) is 43.8 Å². The molecule has 1 atom stereocenters. The monoisotopic (exact) mass is 291 g/mol. The van der Waals surface area contributed by atoms with Gasteiger partial charge in [0.2, 0.25) is 0 Å². The van der Waals surface area contributed by atoms with Crippen LogP contribution < -0.4 is 5.73 Å². The third kappa shape index (κ3) is 3.82. The molecule has 0 bridgehead atoms. The maximum absolute atomic E-state index is 13.4. The Labute approximate surface area is 126 Å². The van der Waals surface area contributed by atoms with Gasteiger partial charge in [-0.15, -0.1) is 0 Å². The van der Waals surface area contributed by atoms with Crippen molar-refractivity contribution in [3.8, 4) is 0 Å². The molecule has 116 valence electrons. The van der Waals surface area contributed by atoms with E-state index < -0.39 is 0 Å². The van der Waals surface area contributed by atoms with E-state index in [1.54, 1.807) is 0 Å². The summed E-state index contributed by atoms with van der Waals surface area (Å²) in [6, 6.07) is 4.73. The van der Waals surface area contributed by atoms with Gasteiger partial charge < -0.3 is 10.3 Å². The summed E-state index contributed by atoms with van der Waals surface area (Å²) in [6.45, 7) is 7.45. The second kappa shape index (κ2) is 7.03. The van der Waals surface area contributed by atoms with Gasteiger partial charge in [0.1, 0.15) is 11.6 Å². The zero-order chi connectivity index (χ0) is 15.4. The number of imidazole rings is 1. The van der Waals surface area contributed by atoms with Crippen LogP contribution in [0.1, 0.15) is 58.3 Å². The van der Waals surface area contributed by atoms with Gasteiger partial charge in [0.05, 0.1) is 17.1 Å². The fourth-order valence-electron chi connectivity index (χ4n) is 2.58. The lowest BCUT2D eigenvalue weighted by atomic mass is 10.1. The van der Waals surface area contributed by atoms with Crippen molar-refractivity contribution in [3.05, 3.63) is 29.8 Å². The molecular weight excluding hydrogens is 265 g/mol. The zero-order valence-corrected chi connectivity index (χ0v) is 13.3. The smallest absolute Gasteiger partial charge is 0.126 e. The van der Waals surface area contributed by atoms with Crippen molar-refractivity contribution in [1.29, 1.82) is 0 Å². The molecule has 1 heterocycles. The van der Waals surface area contributed by atoms with E-state index >= 15 is 0 Å². The molecule has 0 spiro atoms. The summed E-state index contributed by atoms with van der Waals surface area (Å²) in [5.74, 6) is 1.26. The largest absolute Gasteiger partial charge is 0.327 e. The lowest BCUT2D eigenvalue weighted by molar-refractivity contribution is 0.486. The minimum absolute atomic E-state index is 0.0763. The molecule has 3 nitrogen and oxygen atoms in total. The maximum atomic E-state index is 13.4. The van der Waals surface area contributed by atoms with Crippen LogP contribution in [-0.2, 0) is 6.54 Å². The molecule has 0 radical (unpaired) electrons. The van der Waals surface area contributed by atoms with Crippen LogP contribution in [0.2, 0.25) is 0 Å². The number of halogens is 1. The normalized spacial score (nSPS) is 13.2. The average Bonchev–Trinajstić information content (AvgIpc) is 2.80. The van der Waals surface area contributed by atoms with Crippen molar-refractivity contribution in [1.82, 2.24) is 9.55 Å². The SMILES string of the molecule is CCCCC(N)c1nc2cc(F)ccc2n1CCC(C)C. The van der Waals surface area contributed by atoms with Gasteiger partial charge >= 0.3 is 0 Å². The lowest BCUT2D eigenvalue weighted by Crippen LogP contribution is -2.17. The number of hydrogen-bond donors (Lipinski definition) is 1. The van der Waals surface area contributed by atoms with E-state index in [0.717, 1.165) is 43.6 Å². The van der Waals surface area contributed by atoms with Crippen LogP contribution in [0.4, 0.5) is 4.39 Å². The van der Waals surface area contributed by atoms with Gasteiger partial charge in [-0.2, -0.15) is 0 Å². The summed E-state index contributed by atoms with van der Waals surface area (Å²) in [4.78, 5) is 4.60. The number of hydrogen-bond acceptors (Lipinski definition) is 2. The van der Waals surface area contributed by atoms with Gasteiger partial charge in [-0.3, -0.25) is 0 Å². The summed E-state index contributed by atoms with van der Waals surface area (Å²) >= 11 is 0. The number of nitrogens with zero attached hydrogens (tertiary/aromatic N) is 2. The Balaban J connectivity index is 2.38. The summed E-state index contributed by atoms with van der Waals surface area (Å²) < 4.78 is 15.6. The summed E-state index contributed by atoms with van der Waals surface area (Å²) in [5, 5.41) is 0. The van der Waals surface area contributed by atoms with Crippen LogP contribution in [0, 0.1) is 11.7 Å². The second-order valence-corrected chi connectivity index (χ2v) is 6.19. The summed E-state index contributed by atoms with van der Waals surface area (Å²) in [5.41, 5.74) is 8.01. The van der Waals surface area contributed by atoms with Crippen molar-refractivity contribution >= 4 is 11.0 Å². The molecule has 1 aromatic heterocycles. The molecule has 2 aromatic rings. The van der Waals surface area contributed by atoms with Crippen molar-refractivity contribution < 1.29 is 4.39 Å². The molecular formula is C17H26FN3. The number of rotatable bonds is 7. The Morgan fingerprint density at radius 1 is 1.29 bits per heavy atom. The van der Waals surface area contributed by atoms with Crippen LogP contribution >= 0.6 is 0 Å². The molecule has 4 heteroatoms. The fraction of sp³-hybridized carbons (Fsp3) is 0.588. The molecule has 0 aliphatic carbocycles. The first-order chi connectivity index (χ1) is 10.0. The molecule has 0 saturated carbocycles. The van der Waals surface area contributed by atoms with E-state index in [2.05, 4.69) is 30.3 Å². The molecule has 2 rings (SSSR count). The minimum Gasteiger partial charge on any atom is -0.327 e. The highest BCUT2D eigenvalue weighted by Crippen LogP contribution is 2.24. The molecule has 0 saturated heterocycles. The predicted molar refractivity (Wildman–Crippen MR) is 85.6 cm³/mol. The van der Waals surface area contributed by atoms with E-state index in [0.29, 0.717) is 11.4 Å². The number of unbranched alkanes of at least 4 members (excludes halogenated alkanes) is 1. The van der Waals surface area contributed by atoms with Crippen LogP contribution in [0.15, 0.2) is 18.2 Å². The van der Waals surface area contributed by atoms with Gasteiger partial charge in [0, 0.05) is 12.6 Å². The molecule has 21 heavy (non-hydrogen) atoms. The van der Waals surface area contributed by atoms with Crippen molar-refractivity contribution in [2.24, 2.45) is 11.7 Å². The summed E-state index contributed by atoms with van der Waals surface area (Å²) in [6.07, 6.45) is 4.19. The average molecular weight is 291 g/mol. The third-order valence-electron chi connectivity index (χ3n) is 3.87. The highest BCUT2D eigenvalue weighted by molar-refractivity contribution is 5.76. The van der Waals surface area contributed by atoms with E-state index in [4.69, 9.17) is 5.73 Å². The van der Waals surface area contributed by atoms with E-state index in [9.17, 15) is 4.39 Å². The maximum Gasteiger partial charge on any atom is 0.126 e. The number of nitrogens with two attached hydrogens (primary N) is 1. The van der Waals surface area contributed by atoms with E-state index in [-0.39, 0.29) is 11.9 Å². The van der Waals surface area contributed by atoms with Crippen LogP contribution in [0.25, 0.3) is 11.0 Å². The summed E-state index contributed by atoms with van der Waals surface area (Å²) in [7, 11) is 0. The molecule has 0 fully saturated rings. The Morgan fingerprint density at radius 2 is 2.05 bits per heavy atom. The lowest BCUT2D eigenvalue weighted by Gasteiger charge is -2.15. The first kappa shape index (κ1) is 16.0. The number of aryl methyl sites for hydroxylation is 1. The highest BCUT2D eigenvalue weighted by Gasteiger charge is 2.17. The second-order valence-electron chi connectivity index (χ2n) is 6.19. The molecule has 2 N–H and O–H groups in total. The Morgan fingerprint density at radius 3 is 2.71 bits per heavy atom. The van der Waals surface area contributed by atoms with Crippen LogP contribution in [0.5, 0.6) is 0 Å². The van der Waals surface area contributed by atoms with Gasteiger partial charge in [0.25, 0.3) is 0 Å². The highest BCUT2D eigenvalue weighted by atomic mass is 19.1. The number of benzene rings is 1. The first-order valence-electron chi connectivity index (χ1n) is 7.94. The minimum atomic E-state index is -0.246. The first-order valence-corrected chi connectivity index (χ1v) is 7.94. The van der Waals surface area contributed by atoms with Gasteiger partial charge in [0.15, 0.2) is 0 Å². The van der Waals surface area contributed by atoms with Gasteiger partial charge in [-0.1, -0.05) is 33.6 Å². The zero-order valence-electron chi connectivity index (χ0n) is 13.3. The molecule has 1 aromatic carbocycles. The predicted octanol–water partition coefficient (Wildman–Crippen LogP) is 4.41. The molecule has 1 unspecified atom stereocenters. The number of fused-ring (bicyclic) bond motifs is 1. The van der Waals surface area contributed by atoms with E-state index in [1.807, 2.05) is 6.07 Å². The molecule has 0 aliphatic rings. The van der Waals surface area contributed by atoms with Gasteiger partial charge in [-0.05, 0) is 30.9 Å². The molecule has 0 aliphatic heterocycles. The Kier molecular flexibility index (Phi) is 5.34. The number of aromatic nitrogens is 2. The van der Waals surface area contributed by atoms with E-state index in [1.165, 1.54) is 12.1 Å². The molecule has 0 amide bonds. The van der Waals surface area contributed by atoms with Crippen LogP contribution in [0.3, 0.4) is 0 Å². The van der Waals surface area contributed by atoms with Gasteiger partial charge in [-0.25, -0.2) is 9.37 Å². The van der Waals surface area contributed by atoms with Crippen molar-refractivity contribution in [2.45, 2.75) is 59.0 Å². The van der Waals surface area contributed by atoms with Crippen molar-refractivity contribution in [3.63, 3.8) is 0 Å². The Bertz CT molecular complexity index is 589. The fourth-order valence-corrected chi connectivity index (χ4v) is 2.58. The standard InChI is InChI=1S/C17H26FN3/c1-4-5-6-14(19)17-20-15-11-13(18)7-8-16(15)21(17)10-9-12(2)3/h7-8,11-12,14H,4-6,9-10,19H2,1-3H3. The van der Waals surface area contributed by atoms with Crippen LogP contribution in [-0.4, -0.2) is 9.55 Å². The third-order valence-corrected chi connectivity index (χ3v) is 3.87. The van der Waals surface area contributed by atoms with Crippen molar-refractivity contribution in [2.75, 3.05) is 0 Å². The Hall–Kier alpha value is -1.42.